The molecule has 0 saturated heterocycles. The monoisotopic (exact) mass is 725 g/mol. The van der Waals surface area contributed by atoms with E-state index in [2.05, 4.69) is 82.9 Å². The van der Waals surface area contributed by atoms with E-state index in [0.717, 1.165) is 59.7 Å². The van der Waals surface area contributed by atoms with Gasteiger partial charge >= 0.3 is 0 Å². The van der Waals surface area contributed by atoms with Gasteiger partial charge in [0.05, 0.1) is 33.3 Å². The molecule has 1 unspecified atom stereocenters. The highest BCUT2D eigenvalue weighted by atomic mass is 32.2. The van der Waals surface area contributed by atoms with Crippen LogP contribution in [0.25, 0.3) is 21.5 Å². The van der Waals surface area contributed by atoms with Crippen LogP contribution in [0, 0.1) is 0 Å². The standard InChI is InChI=1S/C35H39N3O6S4/c1-3-25(23-32-37(19-9-21-47(39,40)41)34-28-13-7-5-11-26(28)15-17-30(34)45-32)24-33-38(20-10-22-48(42,43)44-36-4-2)35-29-14-8-6-12-27(29)16-18-31(35)46-33/h5-8,11-18,23-24,32,36H,3-4,9-10,19-22H2,1-2H3,(H,39,40,41). The molecule has 0 radical (unpaired) electrons. The van der Waals surface area contributed by atoms with Gasteiger partial charge in [-0.05, 0) is 59.9 Å². The second-order valence-corrected chi connectivity index (χ2v) is 17.1. The largest absolute Gasteiger partial charge is 0.354 e. The van der Waals surface area contributed by atoms with Crippen LogP contribution in [-0.2, 0) is 24.5 Å². The van der Waals surface area contributed by atoms with Crippen LogP contribution in [0.15, 0.2) is 105 Å². The Kier molecular flexibility index (Phi) is 10.8. The summed E-state index contributed by atoms with van der Waals surface area (Å²) >= 11 is 3.41. The van der Waals surface area contributed by atoms with Crippen molar-refractivity contribution >= 4 is 76.7 Å². The Hall–Kier alpha value is -3.04. The van der Waals surface area contributed by atoms with Crippen LogP contribution in [0.1, 0.15) is 33.1 Å². The maximum absolute atomic E-state index is 12.5. The zero-order valence-electron chi connectivity index (χ0n) is 26.8. The maximum Gasteiger partial charge on any atom is 0.283 e. The zero-order valence-corrected chi connectivity index (χ0v) is 30.1. The Balaban J connectivity index is 1.34. The molecule has 4 aromatic carbocycles. The van der Waals surface area contributed by atoms with Gasteiger partial charge < -0.3 is 9.80 Å². The fraction of sp³-hybridized carbons (Fsp3) is 0.314. The minimum absolute atomic E-state index is 0.0876. The average molecular weight is 726 g/mol. The number of fused-ring (bicyclic) bond motifs is 6. The lowest BCUT2D eigenvalue weighted by molar-refractivity contribution is 0.210. The van der Waals surface area contributed by atoms with Crippen molar-refractivity contribution in [2.75, 3.05) is 40.9 Å². The summed E-state index contributed by atoms with van der Waals surface area (Å²) in [7, 11) is -7.80. The molecular formula is C35H39N3O6S4. The highest BCUT2D eigenvalue weighted by Gasteiger charge is 2.32. The van der Waals surface area contributed by atoms with Gasteiger partial charge in [0, 0.05) is 40.2 Å². The number of allylic oxidation sites excluding steroid dienone is 2. The molecule has 0 bridgehead atoms. The number of nitrogens with one attached hydrogen (secondary N) is 1. The zero-order chi connectivity index (χ0) is 33.9. The summed E-state index contributed by atoms with van der Waals surface area (Å²) in [6, 6.07) is 24.9. The van der Waals surface area contributed by atoms with Gasteiger partial charge in [-0.15, -0.1) is 0 Å². The minimum atomic E-state index is -4.08. The van der Waals surface area contributed by atoms with Crippen molar-refractivity contribution in [1.29, 1.82) is 0 Å². The molecule has 9 nitrogen and oxygen atoms in total. The van der Waals surface area contributed by atoms with E-state index in [1.807, 2.05) is 24.3 Å². The summed E-state index contributed by atoms with van der Waals surface area (Å²) in [6.45, 7) is 5.23. The third-order valence-electron chi connectivity index (χ3n) is 8.30. The molecular weight excluding hydrogens is 687 g/mol. The molecule has 1 atom stereocenters. The van der Waals surface area contributed by atoms with Crippen LogP contribution in [0.4, 0.5) is 11.4 Å². The number of thioether (sulfide) groups is 2. The molecule has 2 heterocycles. The maximum atomic E-state index is 12.5. The van der Waals surface area contributed by atoms with Crippen LogP contribution < -0.4 is 15.3 Å². The van der Waals surface area contributed by atoms with E-state index in [-0.39, 0.29) is 16.9 Å². The van der Waals surface area contributed by atoms with Crippen molar-refractivity contribution in [1.82, 2.24) is 5.48 Å². The molecule has 0 amide bonds. The third-order valence-corrected chi connectivity index (χ3v) is 12.6. The van der Waals surface area contributed by atoms with E-state index in [0.29, 0.717) is 32.5 Å². The predicted octanol–water partition coefficient (Wildman–Crippen LogP) is 7.56. The number of benzene rings is 4. The molecule has 2 aliphatic rings. The highest BCUT2D eigenvalue weighted by molar-refractivity contribution is 8.03. The number of anilines is 2. The van der Waals surface area contributed by atoms with Gasteiger partial charge in [0.1, 0.15) is 0 Å². The summed E-state index contributed by atoms with van der Waals surface area (Å²) in [6.07, 6.45) is 5.87. The molecule has 0 aliphatic carbocycles. The topological polar surface area (TPSA) is 116 Å². The number of hydrogen-bond acceptors (Lipinski definition) is 10. The molecule has 2 aliphatic heterocycles. The Morgan fingerprint density at radius 3 is 2.17 bits per heavy atom. The lowest BCUT2D eigenvalue weighted by Crippen LogP contribution is -2.30. The van der Waals surface area contributed by atoms with E-state index in [9.17, 15) is 21.4 Å². The van der Waals surface area contributed by atoms with E-state index in [4.69, 9.17) is 4.28 Å². The third kappa shape index (κ3) is 7.88. The van der Waals surface area contributed by atoms with Gasteiger partial charge in [-0.3, -0.25) is 4.55 Å². The molecule has 254 valence electrons. The highest BCUT2D eigenvalue weighted by Crippen LogP contribution is 2.51. The van der Waals surface area contributed by atoms with Crippen LogP contribution in [0.3, 0.4) is 0 Å². The SMILES string of the molecule is CCNOS(=O)(=O)CCCN1C(=CC(=CC2Sc3ccc4ccccc4c3N2CCCS(=O)(=O)O)CC)Sc2ccc3ccccc3c21. The van der Waals surface area contributed by atoms with Crippen LogP contribution in [0.5, 0.6) is 0 Å². The first-order valence-electron chi connectivity index (χ1n) is 16.0. The second-order valence-electron chi connectivity index (χ2n) is 11.6. The molecule has 6 rings (SSSR count). The van der Waals surface area contributed by atoms with Crippen molar-refractivity contribution < 1.29 is 25.7 Å². The van der Waals surface area contributed by atoms with Crippen LogP contribution >= 0.6 is 23.5 Å². The van der Waals surface area contributed by atoms with Crippen molar-refractivity contribution in [2.45, 2.75) is 48.3 Å². The normalized spacial score (nSPS) is 17.5. The van der Waals surface area contributed by atoms with E-state index >= 15 is 0 Å². The van der Waals surface area contributed by atoms with Gasteiger partial charge in [0.25, 0.3) is 20.2 Å². The van der Waals surface area contributed by atoms with Gasteiger partial charge in [-0.1, -0.05) is 98.0 Å². The Bertz CT molecular complexity index is 2100. The summed E-state index contributed by atoms with van der Waals surface area (Å²) in [5.41, 5.74) is 5.71. The van der Waals surface area contributed by atoms with E-state index in [1.165, 1.54) is 0 Å². The smallest absolute Gasteiger partial charge is 0.283 e. The molecule has 0 fully saturated rings. The van der Waals surface area contributed by atoms with Crippen LogP contribution in [0.2, 0.25) is 0 Å². The number of hydroxylamine groups is 1. The number of hydrogen-bond donors (Lipinski definition) is 2. The number of nitrogens with zero attached hydrogens (tertiary/aromatic N) is 2. The molecule has 4 aromatic rings. The van der Waals surface area contributed by atoms with Crippen molar-refractivity contribution in [3.8, 4) is 0 Å². The summed E-state index contributed by atoms with van der Waals surface area (Å²) in [5.74, 6) is -0.420. The predicted molar refractivity (Wildman–Crippen MR) is 199 cm³/mol. The Morgan fingerprint density at radius 2 is 1.50 bits per heavy atom. The first kappa shape index (κ1) is 34.8. The Labute approximate surface area is 291 Å². The minimum Gasteiger partial charge on any atom is -0.354 e. The Morgan fingerprint density at radius 1 is 0.854 bits per heavy atom. The van der Waals surface area contributed by atoms with Crippen molar-refractivity contribution in [3.05, 3.63) is 95.6 Å². The van der Waals surface area contributed by atoms with Gasteiger partial charge in [-0.25, -0.2) is 0 Å². The lowest BCUT2D eigenvalue weighted by Gasteiger charge is -2.26. The molecule has 13 heteroatoms. The summed E-state index contributed by atoms with van der Waals surface area (Å²) in [5, 5.41) is 5.37. The fourth-order valence-corrected chi connectivity index (χ4v) is 10.00. The quantitative estimate of drug-likeness (QED) is 0.0991. The molecule has 2 N–H and O–H groups in total. The summed E-state index contributed by atoms with van der Waals surface area (Å²) < 4.78 is 62.5. The van der Waals surface area contributed by atoms with E-state index in [1.54, 1.807) is 30.4 Å². The number of rotatable bonds is 14. The van der Waals surface area contributed by atoms with Crippen molar-refractivity contribution in [3.63, 3.8) is 0 Å². The second kappa shape index (κ2) is 14.8. The van der Waals surface area contributed by atoms with Crippen LogP contribution in [-0.4, -0.2) is 57.9 Å². The first-order chi connectivity index (χ1) is 23.1. The molecule has 0 saturated carbocycles. The lowest BCUT2D eigenvalue weighted by atomic mass is 10.1. The fourth-order valence-electron chi connectivity index (χ4n) is 6.13. The van der Waals surface area contributed by atoms with Gasteiger partial charge in [0.2, 0.25) is 0 Å². The molecule has 0 spiro atoms. The molecule has 48 heavy (non-hydrogen) atoms. The van der Waals surface area contributed by atoms with Gasteiger partial charge in [0.15, 0.2) is 0 Å². The summed E-state index contributed by atoms with van der Waals surface area (Å²) in [4.78, 5) is 6.71. The van der Waals surface area contributed by atoms with Gasteiger partial charge in [-0.2, -0.15) is 26.6 Å². The van der Waals surface area contributed by atoms with E-state index < -0.39 is 20.2 Å². The average Bonchev–Trinajstić information content (AvgIpc) is 3.60. The first-order valence-corrected chi connectivity index (χ1v) is 20.9. The molecule has 0 aromatic heterocycles. The van der Waals surface area contributed by atoms with Crippen molar-refractivity contribution in [2.24, 2.45) is 0 Å².